The van der Waals surface area contributed by atoms with Gasteiger partial charge in [0, 0.05) is 47.2 Å². The van der Waals surface area contributed by atoms with Gasteiger partial charge in [-0.1, -0.05) is 59.6 Å². The third kappa shape index (κ3) is 8.30. The fraction of sp³-hybridized carbons (Fsp3) is 0.235. The quantitative estimate of drug-likeness (QED) is 0.112. The first-order valence-electron chi connectivity index (χ1n) is 14.7. The number of hydrogen-bond donors (Lipinski definition) is 3. The highest BCUT2D eigenvalue weighted by atomic mass is 35.5. The lowest BCUT2D eigenvalue weighted by Gasteiger charge is -2.31. The van der Waals surface area contributed by atoms with Crippen LogP contribution in [0, 0.1) is 5.82 Å². The number of hydrogen-bond acceptors (Lipinski definition) is 8. The number of sulfone groups is 1. The zero-order valence-electron chi connectivity index (χ0n) is 25.0. The normalized spacial score (nSPS) is 17.5. The second-order valence-electron chi connectivity index (χ2n) is 10.8. The third-order valence-corrected chi connectivity index (χ3v) is 9.83. The van der Waals surface area contributed by atoms with E-state index in [-0.39, 0.29) is 35.4 Å². The number of halogens is 3. The van der Waals surface area contributed by atoms with Crippen LogP contribution in [-0.4, -0.2) is 49.8 Å². The summed E-state index contributed by atoms with van der Waals surface area (Å²) >= 11 is 12.8. The molecule has 3 N–H and O–H groups in total. The molecule has 5 rings (SSSR count). The van der Waals surface area contributed by atoms with Crippen LogP contribution >= 0.6 is 23.2 Å². The summed E-state index contributed by atoms with van der Waals surface area (Å²) < 4.78 is 52.4. The maximum atomic E-state index is 14.3. The lowest BCUT2D eigenvalue weighted by molar-refractivity contribution is -0.130. The molecule has 0 unspecified atom stereocenters. The molecule has 0 radical (unpaired) electrons. The predicted molar refractivity (Wildman–Crippen MR) is 178 cm³/mol. The maximum absolute atomic E-state index is 14.3. The molecule has 0 saturated carbocycles. The summed E-state index contributed by atoms with van der Waals surface area (Å²) in [5.74, 6) is -0.858. The van der Waals surface area contributed by atoms with Gasteiger partial charge in [0.15, 0.2) is 21.5 Å². The van der Waals surface area contributed by atoms with Crippen molar-refractivity contribution in [2.75, 3.05) is 19.0 Å². The molecule has 0 bridgehead atoms. The molecule has 0 spiro atoms. The van der Waals surface area contributed by atoms with Crippen molar-refractivity contribution in [3.63, 3.8) is 0 Å². The summed E-state index contributed by atoms with van der Waals surface area (Å²) in [7, 11) is -3.86. The molecule has 47 heavy (non-hydrogen) atoms. The number of carbonyl (C=O) groups excluding carboxylic acids is 1. The van der Waals surface area contributed by atoms with Crippen molar-refractivity contribution in [2.24, 2.45) is 4.99 Å². The van der Waals surface area contributed by atoms with Gasteiger partial charge in [-0.25, -0.2) is 23.2 Å². The lowest BCUT2D eigenvalue weighted by atomic mass is 9.85. The number of benzene rings is 4. The van der Waals surface area contributed by atoms with E-state index >= 15 is 0 Å². The van der Waals surface area contributed by atoms with Gasteiger partial charge in [0.25, 0.3) is 5.91 Å². The zero-order valence-corrected chi connectivity index (χ0v) is 27.4. The molecular formula is C34H32Cl2FN3O6S. The highest BCUT2D eigenvalue weighted by Crippen LogP contribution is 2.45. The van der Waals surface area contributed by atoms with Gasteiger partial charge in [-0.3, -0.25) is 10.2 Å². The van der Waals surface area contributed by atoms with Crippen LogP contribution in [0.1, 0.15) is 35.6 Å². The lowest BCUT2D eigenvalue weighted by Crippen LogP contribution is -2.53. The number of aliphatic imine (C=N–C) groups is 1. The van der Waals surface area contributed by atoms with E-state index in [1.54, 1.807) is 66.7 Å². The highest BCUT2D eigenvalue weighted by molar-refractivity contribution is 7.91. The Labute approximate surface area is 282 Å². The van der Waals surface area contributed by atoms with E-state index in [2.05, 4.69) is 10.9 Å². The first kappa shape index (κ1) is 34.3. The van der Waals surface area contributed by atoms with E-state index in [4.69, 9.17) is 42.8 Å². The SMILES string of the molecule is O=C(NNCc1ccc(F)cc1)[C@@]1(CCS(=O)(=O)c2ccccc2)N=C(c2ccc(OCCCO)cc2)O[C@H]1c1ccc(Cl)cc1Cl. The summed E-state index contributed by atoms with van der Waals surface area (Å²) in [5, 5.41) is 9.60. The summed E-state index contributed by atoms with van der Waals surface area (Å²) in [6, 6.07) is 25.2. The topological polar surface area (TPSA) is 126 Å². The van der Waals surface area contributed by atoms with Crippen molar-refractivity contribution in [1.82, 2.24) is 10.9 Å². The Kier molecular flexibility index (Phi) is 11.2. The van der Waals surface area contributed by atoms with Gasteiger partial charge in [0.2, 0.25) is 5.90 Å². The van der Waals surface area contributed by atoms with E-state index in [0.29, 0.717) is 40.5 Å². The van der Waals surface area contributed by atoms with E-state index in [1.165, 1.54) is 30.3 Å². The van der Waals surface area contributed by atoms with E-state index < -0.39 is 39.0 Å². The van der Waals surface area contributed by atoms with Gasteiger partial charge in [-0.05, 0) is 66.2 Å². The number of nitrogens with one attached hydrogen (secondary N) is 2. The van der Waals surface area contributed by atoms with Gasteiger partial charge in [-0.2, -0.15) is 0 Å². The van der Waals surface area contributed by atoms with Crippen molar-refractivity contribution in [3.05, 3.63) is 130 Å². The smallest absolute Gasteiger partial charge is 0.266 e. The first-order chi connectivity index (χ1) is 22.6. The number of aliphatic hydroxyl groups is 1. The monoisotopic (exact) mass is 699 g/mol. The van der Waals surface area contributed by atoms with Gasteiger partial charge in [-0.15, -0.1) is 0 Å². The van der Waals surface area contributed by atoms with Gasteiger partial charge in [0.1, 0.15) is 11.6 Å². The molecule has 1 heterocycles. The molecule has 0 aliphatic carbocycles. The standard InChI is InChI=1S/C34H32Cl2FN3O6S/c35-25-11-16-29(30(36)21-25)31-34(17-20-47(43,44)28-5-2-1-3-6-28,33(42)40-38-22-23-7-12-26(37)13-8-23)39-32(46-31)24-9-14-27(15-10-24)45-19-4-18-41/h1-3,5-16,21,31,38,41H,4,17-20,22H2,(H,40,42)/t31-,34-/m0/s1. The van der Waals surface area contributed by atoms with Crippen LogP contribution in [0.3, 0.4) is 0 Å². The average molecular weight is 701 g/mol. The van der Waals surface area contributed by atoms with Crippen molar-refractivity contribution in [3.8, 4) is 5.75 Å². The molecule has 9 nitrogen and oxygen atoms in total. The Morgan fingerprint density at radius 1 is 1.00 bits per heavy atom. The highest BCUT2D eigenvalue weighted by Gasteiger charge is 2.54. The second kappa shape index (κ2) is 15.3. The molecular weight excluding hydrogens is 668 g/mol. The van der Waals surface area contributed by atoms with Crippen LogP contribution in [0.4, 0.5) is 4.39 Å². The molecule has 1 aliphatic heterocycles. The molecule has 0 fully saturated rings. The molecule has 1 aliphatic rings. The predicted octanol–water partition coefficient (Wildman–Crippen LogP) is 5.84. The third-order valence-electron chi connectivity index (χ3n) is 7.54. The molecule has 13 heteroatoms. The Morgan fingerprint density at radius 2 is 1.72 bits per heavy atom. The number of aliphatic hydroxyl groups excluding tert-OH is 1. The minimum Gasteiger partial charge on any atom is -0.494 e. The van der Waals surface area contributed by atoms with E-state index in [1.807, 2.05) is 0 Å². The fourth-order valence-corrected chi connectivity index (χ4v) is 6.93. The molecule has 0 saturated heterocycles. The minimum atomic E-state index is -3.86. The van der Waals surface area contributed by atoms with Crippen LogP contribution in [0.25, 0.3) is 0 Å². The van der Waals surface area contributed by atoms with Crippen molar-refractivity contribution in [1.29, 1.82) is 0 Å². The summed E-state index contributed by atoms with van der Waals surface area (Å²) in [6.45, 7) is 0.473. The first-order valence-corrected chi connectivity index (χ1v) is 17.1. The molecule has 4 aromatic carbocycles. The van der Waals surface area contributed by atoms with Crippen LogP contribution in [0.15, 0.2) is 107 Å². The molecule has 0 aromatic heterocycles. The number of carbonyl (C=O) groups is 1. The fourth-order valence-electron chi connectivity index (χ4n) is 5.03. The Morgan fingerprint density at radius 3 is 2.40 bits per heavy atom. The Balaban J connectivity index is 1.53. The van der Waals surface area contributed by atoms with Gasteiger partial charge < -0.3 is 14.6 Å². The molecule has 1 amide bonds. The number of nitrogens with zero attached hydrogens (tertiary/aromatic N) is 1. The van der Waals surface area contributed by atoms with E-state index in [9.17, 15) is 17.6 Å². The average Bonchev–Trinajstić information content (AvgIpc) is 3.46. The van der Waals surface area contributed by atoms with Crippen molar-refractivity contribution >= 4 is 44.8 Å². The zero-order chi connectivity index (χ0) is 33.4. The van der Waals surface area contributed by atoms with Crippen molar-refractivity contribution < 1.29 is 32.2 Å². The summed E-state index contributed by atoms with van der Waals surface area (Å²) in [4.78, 5) is 19.2. The second-order valence-corrected chi connectivity index (χ2v) is 13.7. The summed E-state index contributed by atoms with van der Waals surface area (Å²) in [6.07, 6.45) is -0.954. The number of hydrazine groups is 1. The van der Waals surface area contributed by atoms with Crippen LogP contribution in [-0.2, 0) is 25.9 Å². The van der Waals surface area contributed by atoms with Crippen LogP contribution < -0.4 is 15.6 Å². The Bertz CT molecular complexity index is 1830. The molecule has 4 aromatic rings. The number of rotatable bonds is 14. The van der Waals surface area contributed by atoms with Gasteiger partial charge in [0.05, 0.1) is 17.3 Å². The van der Waals surface area contributed by atoms with Crippen LogP contribution in [0.2, 0.25) is 10.0 Å². The van der Waals surface area contributed by atoms with Gasteiger partial charge >= 0.3 is 0 Å². The largest absolute Gasteiger partial charge is 0.494 e. The molecule has 246 valence electrons. The molecule has 2 atom stereocenters. The van der Waals surface area contributed by atoms with Crippen molar-refractivity contribution in [2.45, 2.75) is 35.9 Å². The number of amides is 1. The Hall–Kier alpha value is -4.00. The summed E-state index contributed by atoms with van der Waals surface area (Å²) in [5.41, 5.74) is 5.28. The number of ether oxygens (including phenoxy) is 2. The van der Waals surface area contributed by atoms with E-state index in [0.717, 1.165) is 0 Å². The maximum Gasteiger partial charge on any atom is 0.266 e. The minimum absolute atomic E-state index is 0.000269. The van der Waals surface area contributed by atoms with Crippen LogP contribution in [0.5, 0.6) is 5.75 Å².